The maximum atomic E-state index is 13.7. The van der Waals surface area contributed by atoms with Crippen molar-refractivity contribution in [2.45, 2.75) is 49.6 Å². The number of ether oxygens (including phenoxy) is 2. The van der Waals surface area contributed by atoms with Crippen LogP contribution in [0.15, 0.2) is 34.7 Å². The van der Waals surface area contributed by atoms with E-state index in [-0.39, 0.29) is 12.4 Å². The number of methoxy groups -OCH3 is 1. The van der Waals surface area contributed by atoms with E-state index < -0.39 is 100 Å². The molecule has 49 heavy (non-hydrogen) atoms. The zero-order valence-corrected chi connectivity index (χ0v) is 26.8. The van der Waals surface area contributed by atoms with Gasteiger partial charge in [0.15, 0.2) is 32.0 Å². The first-order valence-electron chi connectivity index (χ1n) is 13.0. The maximum Gasteiger partial charge on any atom is 0.435 e. The number of oxime groups is 1. The molecule has 3 aromatic heterocycles. The molecule has 1 aliphatic rings. The topological polar surface area (TPSA) is 181 Å². The SMILES string of the molecule is COc1ncc(F)c2nc(S(=O)(=O)Nc3c(F)cccc3F)nn12.Cn1nc(C(F)(F)F)c(CS(=O)(=O)C2=NOC(C)(C)C2)c1OC(F)F. The van der Waals surface area contributed by atoms with Crippen molar-refractivity contribution >= 4 is 36.2 Å². The fraction of sp³-hybridized carbons (Fsp3) is 0.375. The number of alkyl halides is 5. The second-order valence-electron chi connectivity index (χ2n) is 10.3. The van der Waals surface area contributed by atoms with Crippen LogP contribution in [0.5, 0.6) is 11.9 Å². The molecule has 0 atom stereocenters. The van der Waals surface area contributed by atoms with Gasteiger partial charge in [-0.25, -0.2) is 31.3 Å². The van der Waals surface area contributed by atoms with E-state index in [1.165, 1.54) is 21.0 Å². The Morgan fingerprint density at radius 2 is 1.69 bits per heavy atom. The number of sulfonamides is 1. The molecular weight excluding hydrogens is 728 g/mol. The quantitative estimate of drug-likeness (QED) is 0.259. The van der Waals surface area contributed by atoms with Crippen LogP contribution in [0.1, 0.15) is 31.5 Å². The molecule has 15 nitrogen and oxygen atoms in total. The summed E-state index contributed by atoms with van der Waals surface area (Å²) in [5.41, 5.74) is -4.94. The Labute approximate surface area is 270 Å². The summed E-state index contributed by atoms with van der Waals surface area (Å²) in [6, 6.07) is 2.57. The van der Waals surface area contributed by atoms with Crippen molar-refractivity contribution in [3.05, 3.63) is 53.1 Å². The largest absolute Gasteiger partial charge is 0.467 e. The summed E-state index contributed by atoms with van der Waals surface area (Å²) in [6.45, 7) is -0.380. The van der Waals surface area contributed by atoms with Crippen LogP contribution < -0.4 is 14.2 Å². The molecule has 4 aromatic rings. The summed E-state index contributed by atoms with van der Waals surface area (Å²) in [4.78, 5) is 12.0. The molecule has 0 radical (unpaired) electrons. The van der Waals surface area contributed by atoms with Gasteiger partial charge in [-0.2, -0.15) is 45.0 Å². The van der Waals surface area contributed by atoms with Gasteiger partial charge in [0.2, 0.25) is 5.88 Å². The van der Waals surface area contributed by atoms with Crippen molar-refractivity contribution in [1.29, 1.82) is 0 Å². The summed E-state index contributed by atoms with van der Waals surface area (Å²) in [5, 5.41) is 8.62. The number of aromatic nitrogens is 6. The summed E-state index contributed by atoms with van der Waals surface area (Å²) >= 11 is 0. The first-order chi connectivity index (χ1) is 22.6. The molecule has 1 N–H and O–H groups in total. The number of fused-ring (bicyclic) bond motifs is 1. The van der Waals surface area contributed by atoms with Crippen molar-refractivity contribution in [2.24, 2.45) is 12.2 Å². The van der Waals surface area contributed by atoms with E-state index in [0.29, 0.717) is 9.20 Å². The second kappa shape index (κ2) is 13.2. The van der Waals surface area contributed by atoms with E-state index in [1.807, 2.05) is 0 Å². The zero-order valence-electron chi connectivity index (χ0n) is 25.1. The fourth-order valence-corrected chi connectivity index (χ4v) is 6.50. The molecule has 4 heterocycles. The molecule has 1 aromatic carbocycles. The normalized spacial score (nSPS) is 14.7. The lowest BCUT2D eigenvalue weighted by atomic mass is 10.1. The molecule has 0 fully saturated rings. The Kier molecular flexibility index (Phi) is 10.0. The van der Waals surface area contributed by atoms with Gasteiger partial charge in [-0.15, -0.1) is 5.10 Å². The first-order valence-corrected chi connectivity index (χ1v) is 16.2. The molecule has 0 amide bonds. The van der Waals surface area contributed by atoms with Crippen LogP contribution >= 0.6 is 0 Å². The van der Waals surface area contributed by atoms with Crippen LogP contribution in [0.25, 0.3) is 5.65 Å². The van der Waals surface area contributed by atoms with Crippen molar-refractivity contribution < 1.29 is 66.3 Å². The molecule has 25 heteroatoms. The molecule has 5 rings (SSSR count). The average molecular weight is 751 g/mol. The van der Waals surface area contributed by atoms with E-state index >= 15 is 0 Å². The van der Waals surface area contributed by atoms with Crippen molar-refractivity contribution in [3.8, 4) is 11.9 Å². The van der Waals surface area contributed by atoms with E-state index in [9.17, 15) is 52.0 Å². The first kappa shape index (κ1) is 37.0. The van der Waals surface area contributed by atoms with Gasteiger partial charge in [0.05, 0.1) is 24.6 Å². The van der Waals surface area contributed by atoms with E-state index in [0.717, 1.165) is 31.4 Å². The Hall–Kier alpha value is -4.81. The smallest absolute Gasteiger partial charge is 0.435 e. The van der Waals surface area contributed by atoms with Gasteiger partial charge in [-0.3, -0.25) is 4.72 Å². The van der Waals surface area contributed by atoms with E-state index in [2.05, 4.69) is 30.1 Å². The maximum absolute atomic E-state index is 13.7. The monoisotopic (exact) mass is 750 g/mol. The number of rotatable bonds is 8. The average Bonchev–Trinajstić information content (AvgIpc) is 3.68. The third-order valence-corrected chi connectivity index (χ3v) is 8.85. The van der Waals surface area contributed by atoms with Gasteiger partial charge in [0, 0.05) is 13.5 Å². The zero-order chi connectivity index (χ0) is 36.7. The number of sulfone groups is 1. The fourth-order valence-electron chi connectivity index (χ4n) is 4.02. The van der Waals surface area contributed by atoms with Gasteiger partial charge >= 0.3 is 18.8 Å². The third kappa shape index (κ3) is 8.09. The van der Waals surface area contributed by atoms with Crippen LogP contribution in [-0.2, 0) is 43.7 Å². The molecule has 0 saturated carbocycles. The number of nitrogens with zero attached hydrogens (tertiary/aromatic N) is 7. The molecule has 0 saturated heterocycles. The van der Waals surface area contributed by atoms with Gasteiger partial charge in [-0.05, 0) is 26.0 Å². The van der Waals surface area contributed by atoms with Crippen LogP contribution in [0, 0.1) is 17.5 Å². The number of benzene rings is 1. The predicted octanol–water partition coefficient (Wildman–Crippen LogP) is 3.82. The number of hydrogen-bond donors (Lipinski definition) is 1. The standard InChI is InChI=1S/C12H14F5N3O4S.C12H8F3N5O3S/c1-11(2)4-7(19-24-11)25(21,22)5-6-8(12(15,16)17)18-20(3)9(6)23-10(13)14;1-23-12-16-5-8(15)10-17-11(18-20(10)12)24(21,22)19-9-6(13)3-2-4-7(9)14/h10H,4-5H2,1-3H3;2-5,19H,1H3. The lowest BCUT2D eigenvalue weighted by Crippen LogP contribution is -2.24. The Morgan fingerprint density at radius 3 is 2.22 bits per heavy atom. The number of hydrogen-bond acceptors (Lipinski definition) is 12. The minimum atomic E-state index is -5.06. The molecule has 1 aliphatic heterocycles. The van der Waals surface area contributed by atoms with Crippen LogP contribution in [-0.4, -0.2) is 70.6 Å². The molecular formula is C24H22F8N8O7S2. The van der Waals surface area contributed by atoms with Gasteiger partial charge in [0.1, 0.15) is 22.9 Å². The number of halogens is 8. The van der Waals surface area contributed by atoms with Gasteiger partial charge in [-0.1, -0.05) is 11.2 Å². The molecule has 0 spiro atoms. The van der Waals surface area contributed by atoms with E-state index in [4.69, 9.17) is 9.57 Å². The highest BCUT2D eigenvalue weighted by Gasteiger charge is 2.43. The molecule has 0 unspecified atom stereocenters. The summed E-state index contributed by atoms with van der Waals surface area (Å²) in [7, 11) is -6.81. The highest BCUT2D eigenvalue weighted by atomic mass is 32.2. The molecule has 0 bridgehead atoms. The van der Waals surface area contributed by atoms with Gasteiger partial charge in [0.25, 0.3) is 15.2 Å². The van der Waals surface area contributed by atoms with Crippen LogP contribution in [0.2, 0.25) is 0 Å². The number of anilines is 1. The number of nitrogens with one attached hydrogen (secondary N) is 1. The second-order valence-corrected chi connectivity index (χ2v) is 13.9. The Morgan fingerprint density at radius 1 is 1.06 bits per heavy atom. The molecule has 268 valence electrons. The number of aryl methyl sites for hydroxylation is 1. The minimum Gasteiger partial charge on any atom is -0.467 e. The summed E-state index contributed by atoms with van der Waals surface area (Å²) in [6.07, 6.45) is -4.45. The highest BCUT2D eigenvalue weighted by molar-refractivity contribution is 8.05. The summed E-state index contributed by atoms with van der Waals surface area (Å²) < 4.78 is 166. The summed E-state index contributed by atoms with van der Waals surface area (Å²) in [5.74, 6) is -5.46. The lowest BCUT2D eigenvalue weighted by molar-refractivity contribution is -0.142. The Bertz CT molecular complexity index is 2120. The van der Waals surface area contributed by atoms with E-state index in [1.54, 1.807) is 4.72 Å². The van der Waals surface area contributed by atoms with Crippen molar-refractivity contribution in [3.63, 3.8) is 0 Å². The predicted molar refractivity (Wildman–Crippen MR) is 149 cm³/mol. The van der Waals surface area contributed by atoms with Crippen molar-refractivity contribution in [2.75, 3.05) is 11.8 Å². The minimum absolute atomic E-state index is 0.165. The van der Waals surface area contributed by atoms with Crippen LogP contribution in [0.4, 0.5) is 40.8 Å². The highest BCUT2D eigenvalue weighted by Crippen LogP contribution is 2.38. The lowest BCUT2D eigenvalue weighted by Gasteiger charge is -2.13. The van der Waals surface area contributed by atoms with Crippen LogP contribution in [0.3, 0.4) is 0 Å². The Balaban J connectivity index is 0.000000221. The third-order valence-electron chi connectivity index (χ3n) is 6.12. The van der Waals surface area contributed by atoms with Crippen molar-refractivity contribution in [1.82, 2.24) is 29.4 Å². The number of para-hydroxylation sites is 1. The van der Waals surface area contributed by atoms with Gasteiger partial charge < -0.3 is 14.3 Å². The molecule has 0 aliphatic carbocycles.